The molecule has 0 amide bonds. The van der Waals surface area contributed by atoms with Gasteiger partial charge < -0.3 is 5.32 Å². The fourth-order valence-electron chi connectivity index (χ4n) is 1.73. The Labute approximate surface area is 145 Å². The molecule has 0 fully saturated rings. The molecule has 1 N–H and O–H groups in total. The molecule has 0 radical (unpaired) electrons. The van der Waals surface area contributed by atoms with Crippen LogP contribution in [0.2, 0.25) is 10.0 Å². The van der Waals surface area contributed by atoms with Gasteiger partial charge in [0, 0.05) is 14.1 Å². The number of halogens is 4. The summed E-state index contributed by atoms with van der Waals surface area (Å²) in [5.41, 5.74) is 1.95. The lowest BCUT2D eigenvalue weighted by Crippen LogP contribution is -2.07. The van der Waals surface area contributed by atoms with Crippen LogP contribution in [0.15, 0.2) is 40.9 Å². The predicted molar refractivity (Wildman–Crippen MR) is 95.4 cm³/mol. The summed E-state index contributed by atoms with van der Waals surface area (Å²) in [7, 11) is 0. The van der Waals surface area contributed by atoms with E-state index in [4.69, 9.17) is 23.2 Å². The van der Waals surface area contributed by atoms with Crippen LogP contribution in [0.1, 0.15) is 18.5 Å². The lowest BCUT2D eigenvalue weighted by molar-refractivity contribution is 0.884. The van der Waals surface area contributed by atoms with Gasteiger partial charge in [0.1, 0.15) is 0 Å². The molecule has 0 aliphatic rings. The maximum atomic E-state index is 6.21. The Kier molecular flexibility index (Phi) is 5.40. The number of hydrogen-bond acceptors (Lipinski definition) is 1. The average Bonchev–Trinajstić information content (AvgIpc) is 2.34. The minimum absolute atomic E-state index is 0.133. The number of hydrogen-bond donors (Lipinski definition) is 1. The van der Waals surface area contributed by atoms with Crippen LogP contribution in [0.25, 0.3) is 0 Å². The van der Waals surface area contributed by atoms with Crippen molar-refractivity contribution < 1.29 is 0 Å². The maximum absolute atomic E-state index is 6.21. The molecular weight excluding hydrogens is 460 g/mol. The number of nitrogens with one attached hydrogen (secondary N) is 1. The van der Waals surface area contributed by atoms with Gasteiger partial charge in [0.25, 0.3) is 0 Å². The van der Waals surface area contributed by atoms with Crippen LogP contribution in [-0.2, 0) is 0 Å². The van der Waals surface area contributed by atoms with Crippen molar-refractivity contribution in [2.24, 2.45) is 0 Å². The first kappa shape index (κ1) is 15.4. The third-order valence-electron chi connectivity index (χ3n) is 2.74. The summed E-state index contributed by atoms with van der Waals surface area (Å²) in [6.07, 6.45) is 0. The summed E-state index contributed by atoms with van der Waals surface area (Å²) >= 11 is 18.1. The van der Waals surface area contributed by atoms with E-state index in [1.54, 1.807) is 0 Å². The summed E-state index contributed by atoms with van der Waals surface area (Å²) in [4.78, 5) is 0. The van der Waals surface area contributed by atoms with Gasteiger partial charge in [0.2, 0.25) is 0 Å². The fraction of sp³-hybridized carbons (Fsp3) is 0.143. The molecule has 1 unspecified atom stereocenters. The van der Waals surface area contributed by atoms with Crippen molar-refractivity contribution in [3.63, 3.8) is 0 Å². The Hall–Kier alpha value is 0.0300. The Morgan fingerprint density at radius 2 is 1.63 bits per heavy atom. The Morgan fingerprint density at radius 3 is 2.16 bits per heavy atom. The van der Waals surface area contributed by atoms with Crippen LogP contribution < -0.4 is 5.32 Å². The second kappa shape index (κ2) is 6.66. The highest BCUT2D eigenvalue weighted by molar-refractivity contribution is 14.1. The first-order chi connectivity index (χ1) is 8.97. The summed E-state index contributed by atoms with van der Waals surface area (Å²) in [6.45, 7) is 2.08. The Bertz CT molecular complexity index is 563. The molecule has 0 saturated heterocycles. The van der Waals surface area contributed by atoms with Crippen molar-refractivity contribution in [1.82, 2.24) is 0 Å². The highest BCUT2D eigenvalue weighted by Gasteiger charge is 2.11. The zero-order valence-corrected chi connectivity index (χ0v) is 15.3. The van der Waals surface area contributed by atoms with Gasteiger partial charge in [0.05, 0.1) is 15.7 Å². The molecule has 0 aromatic heterocycles. The second-order valence-electron chi connectivity index (χ2n) is 4.16. The summed E-state index contributed by atoms with van der Waals surface area (Å²) in [5, 5.41) is 4.57. The zero-order chi connectivity index (χ0) is 14.0. The first-order valence-corrected chi connectivity index (χ1v) is 8.26. The molecule has 0 aliphatic carbocycles. The highest BCUT2D eigenvalue weighted by Crippen LogP contribution is 2.36. The van der Waals surface area contributed by atoms with Crippen molar-refractivity contribution in [2.45, 2.75) is 13.0 Å². The van der Waals surface area contributed by atoms with E-state index >= 15 is 0 Å². The Balaban J connectivity index is 2.24. The van der Waals surface area contributed by atoms with Crippen molar-refractivity contribution in [1.29, 1.82) is 0 Å². The lowest BCUT2D eigenvalue weighted by Gasteiger charge is -2.18. The largest absolute Gasteiger partial charge is 0.376 e. The molecule has 2 aromatic rings. The lowest BCUT2D eigenvalue weighted by atomic mass is 10.1. The van der Waals surface area contributed by atoms with Crippen molar-refractivity contribution in [2.75, 3.05) is 5.32 Å². The van der Waals surface area contributed by atoms with Gasteiger partial charge in [-0.1, -0.05) is 51.3 Å². The molecule has 1 nitrogen and oxygen atoms in total. The van der Waals surface area contributed by atoms with Gasteiger partial charge in [-0.2, -0.15) is 0 Å². The minimum Gasteiger partial charge on any atom is -0.376 e. The molecule has 0 aliphatic heterocycles. The zero-order valence-electron chi connectivity index (χ0n) is 10.1. The summed E-state index contributed by atoms with van der Waals surface area (Å²) in [5.74, 6) is 0. The molecule has 0 heterocycles. The topological polar surface area (TPSA) is 12.0 Å². The van der Waals surface area contributed by atoms with Crippen molar-refractivity contribution in [3.05, 3.63) is 60.0 Å². The standard InChI is InChI=1S/C14H11BrCl2IN/c1-8(9-2-4-11(18)5-3-9)19-14-12(16)6-10(15)7-13(14)17/h2-8,19H,1H3. The average molecular weight is 471 g/mol. The van der Waals surface area contributed by atoms with E-state index in [1.807, 2.05) is 12.1 Å². The third kappa shape index (κ3) is 4.00. The third-order valence-corrected chi connectivity index (χ3v) is 4.51. The quantitative estimate of drug-likeness (QED) is 0.502. The van der Waals surface area contributed by atoms with Crippen LogP contribution >= 0.6 is 61.7 Å². The molecule has 0 saturated carbocycles. The number of rotatable bonds is 3. The van der Waals surface area contributed by atoms with E-state index in [2.05, 4.69) is 75.0 Å². The van der Waals surface area contributed by atoms with Crippen LogP contribution in [-0.4, -0.2) is 0 Å². The van der Waals surface area contributed by atoms with Crippen LogP contribution in [0.3, 0.4) is 0 Å². The van der Waals surface area contributed by atoms with Crippen LogP contribution in [0.5, 0.6) is 0 Å². The summed E-state index contributed by atoms with van der Waals surface area (Å²) in [6, 6.07) is 12.2. The molecule has 19 heavy (non-hydrogen) atoms. The van der Waals surface area contributed by atoms with Crippen molar-refractivity contribution in [3.8, 4) is 0 Å². The van der Waals surface area contributed by atoms with Crippen LogP contribution in [0.4, 0.5) is 5.69 Å². The molecule has 1 atom stereocenters. The SMILES string of the molecule is CC(Nc1c(Cl)cc(Br)cc1Cl)c1ccc(I)cc1. The van der Waals surface area contributed by atoms with E-state index in [9.17, 15) is 0 Å². The fourth-order valence-corrected chi connectivity index (χ4v) is 3.41. The van der Waals surface area contributed by atoms with E-state index < -0.39 is 0 Å². The Morgan fingerprint density at radius 1 is 1.11 bits per heavy atom. The molecule has 0 bridgehead atoms. The van der Waals surface area contributed by atoms with E-state index in [-0.39, 0.29) is 6.04 Å². The van der Waals surface area contributed by atoms with Gasteiger partial charge in [-0.15, -0.1) is 0 Å². The van der Waals surface area contributed by atoms with Crippen LogP contribution in [0, 0.1) is 3.57 Å². The van der Waals surface area contributed by atoms with Gasteiger partial charge >= 0.3 is 0 Å². The molecule has 5 heteroatoms. The number of benzene rings is 2. The highest BCUT2D eigenvalue weighted by atomic mass is 127. The molecule has 100 valence electrons. The first-order valence-electron chi connectivity index (χ1n) is 5.64. The smallest absolute Gasteiger partial charge is 0.0724 e. The number of anilines is 1. The molecular formula is C14H11BrCl2IN. The van der Waals surface area contributed by atoms with E-state index in [1.165, 1.54) is 9.13 Å². The normalized spacial score (nSPS) is 12.3. The monoisotopic (exact) mass is 469 g/mol. The van der Waals surface area contributed by atoms with E-state index in [0.717, 1.165) is 10.2 Å². The van der Waals surface area contributed by atoms with Gasteiger partial charge in [-0.3, -0.25) is 0 Å². The molecule has 0 spiro atoms. The van der Waals surface area contributed by atoms with Gasteiger partial charge in [0.15, 0.2) is 0 Å². The van der Waals surface area contributed by atoms with Gasteiger partial charge in [-0.05, 0) is 59.3 Å². The molecule has 2 aromatic carbocycles. The predicted octanol–water partition coefficient (Wildman–Crippen LogP) is 6.53. The second-order valence-corrected chi connectivity index (χ2v) is 7.14. The minimum atomic E-state index is 0.133. The van der Waals surface area contributed by atoms with Crippen molar-refractivity contribution >= 4 is 67.4 Å². The summed E-state index contributed by atoms with van der Waals surface area (Å²) < 4.78 is 2.09. The van der Waals surface area contributed by atoms with E-state index in [0.29, 0.717) is 10.0 Å². The van der Waals surface area contributed by atoms with Gasteiger partial charge in [-0.25, -0.2) is 0 Å². The molecule has 2 rings (SSSR count). The maximum Gasteiger partial charge on any atom is 0.0724 e.